The molecule has 2 amide bonds. The van der Waals surface area contributed by atoms with Crippen molar-refractivity contribution in [3.63, 3.8) is 0 Å². The fourth-order valence-corrected chi connectivity index (χ4v) is 4.11. The highest BCUT2D eigenvalue weighted by Gasteiger charge is 2.31. The molecule has 0 aliphatic rings. The van der Waals surface area contributed by atoms with Gasteiger partial charge in [-0.1, -0.05) is 29.3 Å². The number of nitrogens with zero attached hydrogens (tertiary/aromatic N) is 2. The van der Waals surface area contributed by atoms with Gasteiger partial charge in [0.1, 0.15) is 12.3 Å². The highest BCUT2D eigenvalue weighted by atomic mass is 35.5. The number of amides is 2. The number of halogens is 2. The third-order valence-corrected chi connectivity index (χ3v) is 6.65. The maximum Gasteiger partial charge on any atom is 0.254 e. The number of furan rings is 1. The molecule has 0 saturated heterocycles. The minimum atomic E-state index is -0.626. The second-order valence-electron chi connectivity index (χ2n) is 9.52. The van der Waals surface area contributed by atoms with Crippen molar-refractivity contribution in [2.75, 3.05) is 27.3 Å². The van der Waals surface area contributed by atoms with E-state index in [1.807, 2.05) is 45.0 Å². The first-order valence-electron chi connectivity index (χ1n) is 11.8. The molecule has 0 aliphatic carbocycles. The Bertz CT molecular complexity index is 1220. The molecule has 2 aromatic carbocycles. The van der Waals surface area contributed by atoms with Crippen LogP contribution in [0.3, 0.4) is 0 Å². The monoisotopic (exact) mass is 546 g/mol. The van der Waals surface area contributed by atoms with Crippen LogP contribution in [0.1, 0.15) is 42.5 Å². The molecular weight excluding hydrogens is 515 g/mol. The van der Waals surface area contributed by atoms with E-state index in [4.69, 9.17) is 37.1 Å². The number of rotatable bonds is 10. The van der Waals surface area contributed by atoms with Gasteiger partial charge in [0.05, 0.1) is 37.1 Å². The molecule has 1 aromatic heterocycles. The van der Waals surface area contributed by atoms with E-state index in [1.54, 1.807) is 48.5 Å². The van der Waals surface area contributed by atoms with Crippen molar-refractivity contribution in [2.45, 2.75) is 39.3 Å². The van der Waals surface area contributed by atoms with Gasteiger partial charge in [0.2, 0.25) is 5.91 Å². The van der Waals surface area contributed by atoms with Gasteiger partial charge in [-0.2, -0.15) is 0 Å². The largest absolute Gasteiger partial charge is 0.493 e. The normalized spacial score (nSPS) is 11.2. The molecule has 3 rings (SSSR count). The summed E-state index contributed by atoms with van der Waals surface area (Å²) in [5.74, 6) is 1.39. The molecule has 0 spiro atoms. The van der Waals surface area contributed by atoms with Crippen molar-refractivity contribution >= 4 is 35.0 Å². The Morgan fingerprint density at radius 1 is 0.946 bits per heavy atom. The summed E-state index contributed by atoms with van der Waals surface area (Å²) in [6.45, 7) is 6.23. The van der Waals surface area contributed by atoms with Crippen molar-refractivity contribution in [3.05, 3.63) is 81.7 Å². The first-order chi connectivity index (χ1) is 17.5. The Morgan fingerprint density at radius 2 is 1.68 bits per heavy atom. The van der Waals surface area contributed by atoms with Gasteiger partial charge in [0.25, 0.3) is 5.91 Å². The van der Waals surface area contributed by atoms with E-state index in [0.29, 0.717) is 40.8 Å². The molecule has 0 atom stereocenters. The van der Waals surface area contributed by atoms with Crippen LogP contribution in [-0.2, 0) is 17.8 Å². The van der Waals surface area contributed by atoms with Crippen LogP contribution in [0.5, 0.6) is 11.5 Å². The smallest absolute Gasteiger partial charge is 0.254 e. The number of hydrogen-bond acceptors (Lipinski definition) is 5. The highest BCUT2D eigenvalue weighted by Crippen LogP contribution is 2.28. The first-order valence-corrected chi connectivity index (χ1v) is 12.6. The summed E-state index contributed by atoms with van der Waals surface area (Å²) < 4.78 is 16.2. The summed E-state index contributed by atoms with van der Waals surface area (Å²) in [6.07, 6.45) is 2.14. The molecule has 198 valence electrons. The third-order valence-electron chi connectivity index (χ3n) is 5.91. The number of ether oxygens (including phenoxy) is 2. The zero-order valence-corrected chi connectivity index (χ0v) is 23.2. The second-order valence-corrected chi connectivity index (χ2v) is 10.3. The van der Waals surface area contributed by atoms with Gasteiger partial charge < -0.3 is 23.7 Å². The summed E-state index contributed by atoms with van der Waals surface area (Å²) in [4.78, 5) is 30.3. The van der Waals surface area contributed by atoms with Gasteiger partial charge in [-0.15, -0.1) is 0 Å². The summed E-state index contributed by atoms with van der Waals surface area (Å²) in [7, 11) is 3.17. The molecule has 0 saturated carbocycles. The minimum absolute atomic E-state index is 0.116. The van der Waals surface area contributed by atoms with Crippen LogP contribution in [0, 0.1) is 0 Å². The highest BCUT2D eigenvalue weighted by molar-refractivity contribution is 6.42. The number of hydrogen-bond donors (Lipinski definition) is 0. The van der Waals surface area contributed by atoms with Gasteiger partial charge in [0.15, 0.2) is 11.5 Å². The number of carbonyl (C=O) groups excluding carboxylic acids is 2. The molecule has 0 N–H and O–H groups in total. The summed E-state index contributed by atoms with van der Waals surface area (Å²) in [5, 5.41) is 0.637. The molecule has 3 aromatic rings. The Morgan fingerprint density at radius 3 is 2.27 bits per heavy atom. The SMILES string of the molecule is COc1ccc(CCN(Cc2ccco2)C(=O)CN(C(=O)c2ccc(Cl)c(Cl)c2)C(C)(C)C)cc1OC. The van der Waals surface area contributed by atoms with Crippen molar-refractivity contribution in [2.24, 2.45) is 0 Å². The van der Waals surface area contributed by atoms with E-state index in [-0.39, 0.29) is 29.9 Å². The molecular formula is C28H32Cl2N2O5. The molecule has 37 heavy (non-hydrogen) atoms. The van der Waals surface area contributed by atoms with Crippen LogP contribution in [0.4, 0.5) is 0 Å². The second kappa shape index (κ2) is 12.4. The summed E-state index contributed by atoms with van der Waals surface area (Å²) in [6, 6.07) is 14.0. The van der Waals surface area contributed by atoms with Crippen LogP contribution < -0.4 is 9.47 Å². The quantitative estimate of drug-likeness (QED) is 0.306. The van der Waals surface area contributed by atoms with Crippen LogP contribution in [0.15, 0.2) is 59.2 Å². The molecule has 0 radical (unpaired) electrons. The van der Waals surface area contributed by atoms with E-state index in [2.05, 4.69) is 0 Å². The summed E-state index contributed by atoms with van der Waals surface area (Å²) in [5.41, 5.74) is 0.716. The number of benzene rings is 2. The van der Waals surface area contributed by atoms with Crippen molar-refractivity contribution in [1.82, 2.24) is 9.80 Å². The van der Waals surface area contributed by atoms with E-state index >= 15 is 0 Å². The maximum absolute atomic E-state index is 13.6. The molecule has 7 nitrogen and oxygen atoms in total. The van der Waals surface area contributed by atoms with Crippen LogP contribution in [0.25, 0.3) is 0 Å². The lowest BCUT2D eigenvalue weighted by molar-refractivity contribution is -0.133. The molecule has 9 heteroatoms. The van der Waals surface area contributed by atoms with Crippen molar-refractivity contribution < 1.29 is 23.5 Å². The van der Waals surface area contributed by atoms with E-state index in [1.165, 1.54) is 6.07 Å². The van der Waals surface area contributed by atoms with Crippen LogP contribution >= 0.6 is 23.2 Å². The van der Waals surface area contributed by atoms with Crippen LogP contribution in [0.2, 0.25) is 10.0 Å². The van der Waals surface area contributed by atoms with Crippen molar-refractivity contribution in [3.8, 4) is 11.5 Å². The topological polar surface area (TPSA) is 72.2 Å². The molecule has 0 unspecified atom stereocenters. The van der Waals surface area contributed by atoms with Gasteiger partial charge in [-0.05, 0) is 75.2 Å². The van der Waals surface area contributed by atoms with Crippen LogP contribution in [-0.4, -0.2) is 54.5 Å². The van der Waals surface area contributed by atoms with Gasteiger partial charge in [0, 0.05) is 17.6 Å². The van der Waals surface area contributed by atoms with Gasteiger partial charge in [-0.25, -0.2) is 0 Å². The molecule has 0 bridgehead atoms. The minimum Gasteiger partial charge on any atom is -0.493 e. The predicted molar refractivity (Wildman–Crippen MR) is 145 cm³/mol. The Balaban J connectivity index is 1.82. The van der Waals surface area contributed by atoms with E-state index in [0.717, 1.165) is 5.56 Å². The Hall–Kier alpha value is -3.16. The lowest BCUT2D eigenvalue weighted by atomic mass is 10.0. The Kier molecular flexibility index (Phi) is 9.51. The van der Waals surface area contributed by atoms with E-state index in [9.17, 15) is 9.59 Å². The lowest BCUT2D eigenvalue weighted by Gasteiger charge is -2.37. The molecule has 1 heterocycles. The Labute approximate surface area is 227 Å². The predicted octanol–water partition coefficient (Wildman–Crippen LogP) is 6.12. The average Bonchev–Trinajstić information content (AvgIpc) is 3.38. The summed E-state index contributed by atoms with van der Waals surface area (Å²) >= 11 is 12.2. The van der Waals surface area contributed by atoms with Gasteiger partial charge in [-0.3, -0.25) is 9.59 Å². The fraction of sp³-hybridized carbons (Fsp3) is 0.357. The first kappa shape index (κ1) is 28.4. The van der Waals surface area contributed by atoms with E-state index < -0.39 is 5.54 Å². The fourth-order valence-electron chi connectivity index (χ4n) is 3.82. The zero-order valence-electron chi connectivity index (χ0n) is 21.7. The van der Waals surface area contributed by atoms with Gasteiger partial charge >= 0.3 is 0 Å². The average molecular weight is 547 g/mol. The third kappa shape index (κ3) is 7.43. The standard InChI is InChI=1S/C28H32Cl2N2O5/c1-28(2,3)32(27(34)20-9-10-22(29)23(30)16-20)18-26(33)31(17-21-7-6-14-37-21)13-12-19-8-11-24(35-4)25(15-19)36-5/h6-11,14-16H,12-13,17-18H2,1-5H3. The zero-order chi connectivity index (χ0) is 27.2. The molecule has 0 aliphatic heterocycles. The van der Waals surface area contributed by atoms with Crippen molar-refractivity contribution in [1.29, 1.82) is 0 Å². The maximum atomic E-state index is 13.6. The lowest BCUT2D eigenvalue weighted by Crippen LogP contribution is -2.51. The number of methoxy groups -OCH3 is 2. The molecule has 0 fully saturated rings. The number of carbonyl (C=O) groups is 2.